The molecule has 70 valence electrons. The molecule has 0 fully saturated rings. The number of hydrazine groups is 1. The second kappa shape index (κ2) is 4.01. The van der Waals surface area contributed by atoms with Crippen molar-refractivity contribution in [2.45, 2.75) is 6.42 Å². The normalized spacial score (nSPS) is 9.69. The van der Waals surface area contributed by atoms with Crippen molar-refractivity contribution in [1.82, 2.24) is 15.4 Å². The first-order chi connectivity index (χ1) is 6.15. The van der Waals surface area contributed by atoms with E-state index in [1.54, 1.807) is 0 Å². The Labute approximate surface area is 79.3 Å². The second-order valence-electron chi connectivity index (χ2n) is 2.27. The number of anilines is 1. The predicted molar refractivity (Wildman–Crippen MR) is 47.5 cm³/mol. The van der Waals surface area contributed by atoms with Crippen LogP contribution in [0.15, 0.2) is 6.33 Å². The zero-order valence-electron chi connectivity index (χ0n) is 6.62. The highest BCUT2D eigenvalue weighted by Gasteiger charge is 2.09. The minimum atomic E-state index is -0.388. The predicted octanol–water partition coefficient (Wildman–Crippen LogP) is -0.755. The number of carbonyl (C=O) groups is 1. The van der Waals surface area contributed by atoms with Crippen molar-refractivity contribution < 1.29 is 4.79 Å². The number of halogens is 1. The highest BCUT2D eigenvalue weighted by Crippen LogP contribution is 2.17. The Kier molecular flexibility index (Phi) is 2.99. The highest BCUT2D eigenvalue weighted by atomic mass is 35.5. The Morgan fingerprint density at radius 1 is 1.62 bits per heavy atom. The van der Waals surface area contributed by atoms with Gasteiger partial charge in [-0.25, -0.2) is 15.8 Å². The fourth-order valence-electron chi connectivity index (χ4n) is 0.751. The van der Waals surface area contributed by atoms with Gasteiger partial charge < -0.3 is 5.73 Å². The standard InChI is InChI=1S/C6H8ClN5O/c7-6-5(8)3(10-2-11-6)1-4(13)12-9/h2H,1,8-9H2,(H,12,13). The molecule has 1 rings (SSSR count). The number of nitrogens with one attached hydrogen (secondary N) is 1. The monoisotopic (exact) mass is 201 g/mol. The maximum atomic E-state index is 10.8. The van der Waals surface area contributed by atoms with Crippen molar-refractivity contribution in [1.29, 1.82) is 0 Å². The average molecular weight is 202 g/mol. The van der Waals surface area contributed by atoms with Crippen molar-refractivity contribution >= 4 is 23.2 Å². The number of nitrogen functional groups attached to an aromatic ring is 1. The van der Waals surface area contributed by atoms with Crippen molar-refractivity contribution in [2.24, 2.45) is 5.84 Å². The molecule has 0 aromatic carbocycles. The van der Waals surface area contributed by atoms with Crippen LogP contribution in [0.25, 0.3) is 0 Å². The summed E-state index contributed by atoms with van der Waals surface area (Å²) in [7, 11) is 0. The summed E-state index contributed by atoms with van der Waals surface area (Å²) in [6.07, 6.45) is 1.22. The molecule has 0 unspecified atom stereocenters. The molecule has 13 heavy (non-hydrogen) atoms. The summed E-state index contributed by atoms with van der Waals surface area (Å²) in [5, 5.41) is 0.134. The van der Waals surface area contributed by atoms with Crippen molar-refractivity contribution in [2.75, 3.05) is 5.73 Å². The van der Waals surface area contributed by atoms with E-state index >= 15 is 0 Å². The Morgan fingerprint density at radius 2 is 2.31 bits per heavy atom. The highest BCUT2D eigenvalue weighted by molar-refractivity contribution is 6.31. The maximum absolute atomic E-state index is 10.8. The summed E-state index contributed by atoms with van der Waals surface area (Å²) in [5.74, 6) is 4.50. The number of amides is 1. The molecule has 0 bridgehead atoms. The van der Waals surface area contributed by atoms with Gasteiger partial charge in [0.05, 0.1) is 17.8 Å². The van der Waals surface area contributed by atoms with Crippen LogP contribution in [-0.4, -0.2) is 15.9 Å². The summed E-state index contributed by atoms with van der Waals surface area (Å²) in [6, 6.07) is 0. The summed E-state index contributed by atoms with van der Waals surface area (Å²) in [6.45, 7) is 0. The first-order valence-corrected chi connectivity index (χ1v) is 3.77. The van der Waals surface area contributed by atoms with Crippen LogP contribution in [0.2, 0.25) is 5.15 Å². The molecule has 0 atom stereocenters. The maximum Gasteiger partial charge on any atom is 0.239 e. The van der Waals surface area contributed by atoms with Gasteiger partial charge in [-0.1, -0.05) is 11.6 Å². The third-order valence-corrected chi connectivity index (χ3v) is 1.71. The number of hydrogen-bond acceptors (Lipinski definition) is 5. The molecule has 7 heteroatoms. The van der Waals surface area contributed by atoms with Crippen molar-refractivity contribution in [3.05, 3.63) is 17.2 Å². The average Bonchev–Trinajstić information content (AvgIpc) is 2.13. The zero-order chi connectivity index (χ0) is 9.84. The van der Waals surface area contributed by atoms with Crippen LogP contribution in [0.5, 0.6) is 0 Å². The zero-order valence-corrected chi connectivity index (χ0v) is 7.38. The minimum absolute atomic E-state index is 0.00935. The molecule has 1 aromatic heterocycles. The van der Waals surface area contributed by atoms with Crippen LogP contribution in [-0.2, 0) is 11.2 Å². The molecular weight excluding hydrogens is 194 g/mol. The third kappa shape index (κ3) is 2.27. The smallest absolute Gasteiger partial charge is 0.239 e. The lowest BCUT2D eigenvalue weighted by Gasteiger charge is -2.03. The van der Waals surface area contributed by atoms with Gasteiger partial charge in [0, 0.05) is 0 Å². The topological polar surface area (TPSA) is 107 Å². The lowest BCUT2D eigenvalue weighted by molar-refractivity contribution is -0.120. The lowest BCUT2D eigenvalue weighted by Crippen LogP contribution is -2.31. The van der Waals surface area contributed by atoms with Gasteiger partial charge in [0.15, 0.2) is 5.15 Å². The fourth-order valence-corrected chi connectivity index (χ4v) is 0.904. The van der Waals surface area contributed by atoms with Gasteiger partial charge in [-0.2, -0.15) is 0 Å². The molecule has 0 aliphatic rings. The van der Waals surface area contributed by atoms with Gasteiger partial charge in [0.25, 0.3) is 0 Å². The third-order valence-electron chi connectivity index (χ3n) is 1.41. The van der Waals surface area contributed by atoms with E-state index in [4.69, 9.17) is 23.2 Å². The molecule has 0 radical (unpaired) electrons. The minimum Gasteiger partial charge on any atom is -0.395 e. The van der Waals surface area contributed by atoms with Crippen molar-refractivity contribution in [3.63, 3.8) is 0 Å². The number of carbonyl (C=O) groups excluding carboxylic acids is 1. The van der Waals surface area contributed by atoms with Gasteiger partial charge in [-0.3, -0.25) is 10.2 Å². The van der Waals surface area contributed by atoms with Crippen LogP contribution in [0.1, 0.15) is 5.69 Å². The quantitative estimate of drug-likeness (QED) is 0.253. The van der Waals surface area contributed by atoms with Crippen LogP contribution >= 0.6 is 11.6 Å². The number of hydrogen-bond donors (Lipinski definition) is 3. The molecule has 1 aromatic rings. The second-order valence-corrected chi connectivity index (χ2v) is 2.63. The van der Waals surface area contributed by atoms with E-state index in [1.807, 2.05) is 5.43 Å². The van der Waals surface area contributed by atoms with E-state index in [2.05, 4.69) is 9.97 Å². The van der Waals surface area contributed by atoms with E-state index in [0.717, 1.165) is 0 Å². The first-order valence-electron chi connectivity index (χ1n) is 3.39. The van der Waals surface area contributed by atoms with Gasteiger partial charge in [0.2, 0.25) is 5.91 Å². The van der Waals surface area contributed by atoms with Crippen LogP contribution in [0.4, 0.5) is 5.69 Å². The molecule has 1 amide bonds. The summed E-state index contributed by atoms with van der Waals surface area (Å²) in [5.41, 5.74) is 8.04. The largest absolute Gasteiger partial charge is 0.395 e. The van der Waals surface area contributed by atoms with E-state index in [9.17, 15) is 4.79 Å². The Bertz CT molecular complexity index is 329. The van der Waals surface area contributed by atoms with Crippen LogP contribution < -0.4 is 17.0 Å². The first kappa shape index (κ1) is 9.69. The lowest BCUT2D eigenvalue weighted by atomic mass is 10.2. The Hall–Kier alpha value is -1.40. The molecule has 0 saturated heterocycles. The van der Waals surface area contributed by atoms with E-state index in [1.165, 1.54) is 6.33 Å². The van der Waals surface area contributed by atoms with Gasteiger partial charge >= 0.3 is 0 Å². The molecular formula is C6H8ClN5O. The molecule has 1 heterocycles. The van der Waals surface area contributed by atoms with E-state index < -0.39 is 0 Å². The molecule has 6 nitrogen and oxygen atoms in total. The van der Waals surface area contributed by atoms with Gasteiger partial charge in [-0.05, 0) is 0 Å². The number of nitrogens with zero attached hydrogens (tertiary/aromatic N) is 2. The number of rotatable bonds is 2. The van der Waals surface area contributed by atoms with Gasteiger partial charge in [0.1, 0.15) is 6.33 Å². The van der Waals surface area contributed by atoms with Gasteiger partial charge in [-0.15, -0.1) is 0 Å². The van der Waals surface area contributed by atoms with Crippen molar-refractivity contribution in [3.8, 4) is 0 Å². The molecule has 0 saturated carbocycles. The van der Waals surface area contributed by atoms with Crippen LogP contribution in [0, 0.1) is 0 Å². The Morgan fingerprint density at radius 3 is 2.92 bits per heavy atom. The number of nitrogens with two attached hydrogens (primary N) is 2. The van der Waals surface area contributed by atoms with E-state index in [-0.39, 0.29) is 23.2 Å². The Balaban J connectivity index is 2.89. The summed E-state index contributed by atoms with van der Waals surface area (Å²) < 4.78 is 0. The van der Waals surface area contributed by atoms with Crippen LogP contribution in [0.3, 0.4) is 0 Å². The molecule has 0 spiro atoms. The molecule has 0 aliphatic carbocycles. The number of aromatic nitrogens is 2. The fraction of sp³-hybridized carbons (Fsp3) is 0.167. The summed E-state index contributed by atoms with van der Waals surface area (Å²) >= 11 is 5.60. The molecule has 5 N–H and O–H groups in total. The van der Waals surface area contributed by atoms with E-state index in [0.29, 0.717) is 5.69 Å². The summed E-state index contributed by atoms with van der Waals surface area (Å²) in [4.78, 5) is 18.3. The SMILES string of the molecule is NNC(=O)Cc1ncnc(Cl)c1N. The molecule has 0 aliphatic heterocycles.